The Bertz CT molecular complexity index is 632. The molecule has 0 aliphatic rings. The summed E-state index contributed by atoms with van der Waals surface area (Å²) < 4.78 is 20.7. The van der Waals surface area contributed by atoms with Gasteiger partial charge in [0.2, 0.25) is 5.78 Å². The lowest BCUT2D eigenvalue weighted by Gasteiger charge is -2.11. The summed E-state index contributed by atoms with van der Waals surface area (Å²) in [5.74, 6) is -0.422. The number of rotatable bonds is 4. The third kappa shape index (κ3) is 2.75. The molecule has 0 atom stereocenters. The van der Waals surface area contributed by atoms with Crippen molar-refractivity contribution in [1.82, 2.24) is 9.78 Å². The summed E-state index contributed by atoms with van der Waals surface area (Å²) in [5, 5.41) is 4.14. The fourth-order valence-corrected chi connectivity index (χ4v) is 2.39. The van der Waals surface area contributed by atoms with Crippen LogP contribution in [0.3, 0.4) is 0 Å². The zero-order valence-electron chi connectivity index (χ0n) is 11.4. The van der Waals surface area contributed by atoms with Crippen molar-refractivity contribution in [3.8, 4) is 5.75 Å². The fraction of sp³-hybridized carbons (Fsp3) is 0.286. The second-order valence-electron chi connectivity index (χ2n) is 4.59. The molecular formula is C14H14BrFN2O2. The number of carbonyl (C=O) groups excluding carboxylic acids is 1. The van der Waals surface area contributed by atoms with E-state index < -0.39 is 5.82 Å². The van der Waals surface area contributed by atoms with E-state index in [1.165, 1.54) is 25.4 Å². The highest BCUT2D eigenvalue weighted by atomic mass is 79.9. The molecule has 0 N–H and O–H groups in total. The lowest BCUT2D eigenvalue weighted by atomic mass is 10.1. The lowest BCUT2D eigenvalue weighted by Crippen LogP contribution is -2.14. The summed E-state index contributed by atoms with van der Waals surface area (Å²) >= 11 is 3.18. The van der Waals surface area contributed by atoms with Crippen LogP contribution in [0, 0.1) is 5.82 Å². The van der Waals surface area contributed by atoms with Gasteiger partial charge in [-0.1, -0.05) is 15.9 Å². The highest BCUT2D eigenvalue weighted by Gasteiger charge is 2.23. The van der Waals surface area contributed by atoms with Gasteiger partial charge in [0, 0.05) is 16.1 Å². The zero-order chi connectivity index (χ0) is 14.9. The van der Waals surface area contributed by atoms with Crippen molar-refractivity contribution in [3.63, 3.8) is 0 Å². The topological polar surface area (TPSA) is 44.1 Å². The summed E-state index contributed by atoms with van der Waals surface area (Å²) in [7, 11) is 1.47. The van der Waals surface area contributed by atoms with Gasteiger partial charge in [-0.2, -0.15) is 5.10 Å². The summed E-state index contributed by atoms with van der Waals surface area (Å²) in [6, 6.07) is 4.07. The SMILES string of the molecule is COc1cnn(C(C)C)c1C(=O)c1cc(F)cc(Br)c1. The van der Waals surface area contributed by atoms with Crippen LogP contribution < -0.4 is 4.74 Å². The Morgan fingerprint density at radius 3 is 2.65 bits per heavy atom. The molecule has 1 aromatic heterocycles. The van der Waals surface area contributed by atoms with Crippen molar-refractivity contribution in [1.29, 1.82) is 0 Å². The number of benzene rings is 1. The molecule has 0 amide bonds. The number of ether oxygens (including phenoxy) is 1. The predicted molar refractivity (Wildman–Crippen MR) is 76.7 cm³/mol. The Hall–Kier alpha value is -1.69. The van der Waals surface area contributed by atoms with E-state index in [-0.39, 0.29) is 17.4 Å². The molecule has 1 heterocycles. The van der Waals surface area contributed by atoms with E-state index in [9.17, 15) is 9.18 Å². The molecule has 0 saturated heterocycles. The second kappa shape index (κ2) is 5.75. The summed E-state index contributed by atoms with van der Waals surface area (Å²) in [6.07, 6.45) is 1.49. The number of aromatic nitrogens is 2. The first-order chi connectivity index (χ1) is 9.43. The summed E-state index contributed by atoms with van der Waals surface area (Å²) in [5.41, 5.74) is 0.567. The van der Waals surface area contributed by atoms with Gasteiger partial charge in [0.05, 0.1) is 13.3 Å². The molecule has 106 valence electrons. The summed E-state index contributed by atoms with van der Waals surface area (Å²) in [4.78, 5) is 12.6. The maximum absolute atomic E-state index is 13.4. The smallest absolute Gasteiger partial charge is 0.215 e. The van der Waals surface area contributed by atoms with Gasteiger partial charge in [0.15, 0.2) is 11.4 Å². The van der Waals surface area contributed by atoms with Crippen LogP contribution in [-0.4, -0.2) is 22.7 Å². The Labute approximate surface area is 124 Å². The minimum Gasteiger partial charge on any atom is -0.493 e. The van der Waals surface area contributed by atoms with Crippen LogP contribution in [0.15, 0.2) is 28.9 Å². The van der Waals surface area contributed by atoms with E-state index in [0.717, 1.165) is 0 Å². The lowest BCUT2D eigenvalue weighted by molar-refractivity contribution is 0.102. The summed E-state index contributed by atoms with van der Waals surface area (Å²) in [6.45, 7) is 3.81. The van der Waals surface area contributed by atoms with Crippen LogP contribution in [0.25, 0.3) is 0 Å². The Morgan fingerprint density at radius 2 is 2.10 bits per heavy atom. The van der Waals surface area contributed by atoms with Crippen LogP contribution in [0.1, 0.15) is 35.9 Å². The van der Waals surface area contributed by atoms with Crippen LogP contribution in [-0.2, 0) is 0 Å². The van der Waals surface area contributed by atoms with Crippen molar-refractivity contribution in [3.05, 3.63) is 45.9 Å². The molecule has 1 aromatic carbocycles. The maximum atomic E-state index is 13.4. The van der Waals surface area contributed by atoms with E-state index in [1.807, 2.05) is 13.8 Å². The first-order valence-corrected chi connectivity index (χ1v) is 6.85. The van der Waals surface area contributed by atoms with Crippen LogP contribution in [0.2, 0.25) is 0 Å². The van der Waals surface area contributed by atoms with Gasteiger partial charge in [-0.15, -0.1) is 0 Å². The Kier molecular flexibility index (Phi) is 4.23. The number of halogens is 2. The van der Waals surface area contributed by atoms with E-state index in [2.05, 4.69) is 21.0 Å². The van der Waals surface area contributed by atoms with Gasteiger partial charge in [-0.3, -0.25) is 9.48 Å². The van der Waals surface area contributed by atoms with Gasteiger partial charge < -0.3 is 4.74 Å². The minimum atomic E-state index is -0.475. The average molecular weight is 341 g/mol. The largest absolute Gasteiger partial charge is 0.493 e. The van der Waals surface area contributed by atoms with Crippen molar-refractivity contribution < 1.29 is 13.9 Å². The second-order valence-corrected chi connectivity index (χ2v) is 5.50. The zero-order valence-corrected chi connectivity index (χ0v) is 12.9. The minimum absolute atomic E-state index is 0.00477. The van der Waals surface area contributed by atoms with Gasteiger partial charge in [0.25, 0.3) is 0 Å². The molecule has 0 aliphatic heterocycles. The molecule has 2 aromatic rings. The molecule has 20 heavy (non-hydrogen) atoms. The number of ketones is 1. The average Bonchev–Trinajstić information content (AvgIpc) is 2.80. The van der Waals surface area contributed by atoms with E-state index in [0.29, 0.717) is 15.9 Å². The highest BCUT2D eigenvalue weighted by Crippen LogP contribution is 2.25. The van der Waals surface area contributed by atoms with Crippen molar-refractivity contribution in [2.75, 3.05) is 7.11 Å². The molecule has 0 fully saturated rings. The third-order valence-corrected chi connectivity index (χ3v) is 3.27. The molecule has 0 bridgehead atoms. The van der Waals surface area contributed by atoms with E-state index in [4.69, 9.17) is 4.74 Å². The standard InChI is InChI=1S/C14H14BrFN2O2/c1-8(2)18-13(12(20-3)7-17-18)14(19)9-4-10(15)6-11(16)5-9/h4-8H,1-3H3. The van der Waals surface area contributed by atoms with E-state index >= 15 is 0 Å². The quantitative estimate of drug-likeness (QED) is 0.798. The predicted octanol–water partition coefficient (Wildman–Crippen LogP) is 3.61. The van der Waals surface area contributed by atoms with Crippen molar-refractivity contribution in [2.24, 2.45) is 0 Å². The molecule has 0 radical (unpaired) electrons. The molecule has 4 nitrogen and oxygen atoms in total. The molecule has 0 saturated carbocycles. The fourth-order valence-electron chi connectivity index (χ4n) is 1.92. The van der Waals surface area contributed by atoms with Gasteiger partial charge in [0.1, 0.15) is 5.82 Å². The first kappa shape index (κ1) is 14.7. The van der Waals surface area contributed by atoms with Gasteiger partial charge >= 0.3 is 0 Å². The van der Waals surface area contributed by atoms with Crippen LogP contribution in [0.5, 0.6) is 5.75 Å². The van der Waals surface area contributed by atoms with Crippen molar-refractivity contribution in [2.45, 2.75) is 19.9 Å². The normalized spacial score (nSPS) is 10.9. The molecule has 6 heteroatoms. The molecular weight excluding hydrogens is 327 g/mol. The Balaban J connectivity index is 2.55. The van der Waals surface area contributed by atoms with Crippen molar-refractivity contribution >= 4 is 21.7 Å². The number of methoxy groups -OCH3 is 1. The Morgan fingerprint density at radius 1 is 1.40 bits per heavy atom. The maximum Gasteiger partial charge on any atom is 0.215 e. The third-order valence-electron chi connectivity index (χ3n) is 2.81. The molecule has 2 rings (SSSR count). The number of nitrogens with zero attached hydrogens (tertiary/aromatic N) is 2. The van der Waals surface area contributed by atoms with Crippen LogP contribution >= 0.6 is 15.9 Å². The molecule has 0 unspecified atom stereocenters. The van der Waals surface area contributed by atoms with Gasteiger partial charge in [-0.25, -0.2) is 4.39 Å². The number of carbonyl (C=O) groups is 1. The highest BCUT2D eigenvalue weighted by molar-refractivity contribution is 9.10. The van der Waals surface area contributed by atoms with Gasteiger partial charge in [-0.05, 0) is 32.0 Å². The molecule has 0 spiro atoms. The number of hydrogen-bond donors (Lipinski definition) is 0. The first-order valence-electron chi connectivity index (χ1n) is 6.06. The molecule has 0 aliphatic carbocycles. The monoisotopic (exact) mass is 340 g/mol. The number of hydrogen-bond acceptors (Lipinski definition) is 3. The van der Waals surface area contributed by atoms with E-state index in [1.54, 1.807) is 10.7 Å². The van der Waals surface area contributed by atoms with Crippen LogP contribution in [0.4, 0.5) is 4.39 Å².